The standard InChI is InChI=1S/C12H15N5/c1-3-13-4-2-9(1)10-7-14-8-11(17-10)12-15-5-6-16-12/h5-9,13H,1-4H2,(H,15,16). The Morgan fingerprint density at radius 1 is 1.18 bits per heavy atom. The molecule has 0 unspecified atom stereocenters. The smallest absolute Gasteiger partial charge is 0.157 e. The molecule has 3 rings (SSSR count). The van der Waals surface area contributed by atoms with Crippen LogP contribution in [0.15, 0.2) is 24.8 Å². The first-order valence-electron chi connectivity index (χ1n) is 5.96. The van der Waals surface area contributed by atoms with Crippen LogP contribution in [0.1, 0.15) is 24.5 Å². The molecule has 5 nitrogen and oxygen atoms in total. The van der Waals surface area contributed by atoms with Crippen molar-refractivity contribution in [1.29, 1.82) is 0 Å². The Morgan fingerprint density at radius 2 is 2.06 bits per heavy atom. The van der Waals surface area contributed by atoms with Crippen LogP contribution in [0.4, 0.5) is 0 Å². The van der Waals surface area contributed by atoms with Gasteiger partial charge in [0.05, 0.1) is 11.9 Å². The van der Waals surface area contributed by atoms with Crippen molar-refractivity contribution in [3.8, 4) is 11.5 Å². The lowest BCUT2D eigenvalue weighted by Crippen LogP contribution is -2.27. The monoisotopic (exact) mass is 229 g/mol. The van der Waals surface area contributed by atoms with E-state index >= 15 is 0 Å². The number of hydrogen-bond acceptors (Lipinski definition) is 4. The number of rotatable bonds is 2. The summed E-state index contributed by atoms with van der Waals surface area (Å²) in [5.41, 5.74) is 1.91. The Bertz CT molecular complexity index is 473. The van der Waals surface area contributed by atoms with Gasteiger partial charge >= 0.3 is 0 Å². The van der Waals surface area contributed by atoms with Crippen LogP contribution in [0.5, 0.6) is 0 Å². The van der Waals surface area contributed by atoms with E-state index in [1.54, 1.807) is 18.6 Å². The minimum Gasteiger partial charge on any atom is -0.343 e. The van der Waals surface area contributed by atoms with Gasteiger partial charge in [-0.05, 0) is 25.9 Å². The van der Waals surface area contributed by atoms with E-state index in [0.717, 1.165) is 43.1 Å². The van der Waals surface area contributed by atoms with Crippen molar-refractivity contribution in [2.24, 2.45) is 0 Å². The van der Waals surface area contributed by atoms with Crippen molar-refractivity contribution in [2.45, 2.75) is 18.8 Å². The van der Waals surface area contributed by atoms with Crippen molar-refractivity contribution >= 4 is 0 Å². The fourth-order valence-electron chi connectivity index (χ4n) is 2.21. The van der Waals surface area contributed by atoms with E-state index in [9.17, 15) is 0 Å². The van der Waals surface area contributed by atoms with Crippen LogP contribution in [0.3, 0.4) is 0 Å². The van der Waals surface area contributed by atoms with Crippen molar-refractivity contribution < 1.29 is 0 Å². The first-order valence-corrected chi connectivity index (χ1v) is 5.96. The first kappa shape index (κ1) is 10.4. The van der Waals surface area contributed by atoms with Gasteiger partial charge in [0.15, 0.2) is 5.82 Å². The van der Waals surface area contributed by atoms with Gasteiger partial charge in [-0.15, -0.1) is 0 Å². The molecule has 17 heavy (non-hydrogen) atoms. The third-order valence-electron chi connectivity index (χ3n) is 3.15. The summed E-state index contributed by atoms with van der Waals surface area (Å²) in [5, 5.41) is 3.36. The van der Waals surface area contributed by atoms with E-state index in [-0.39, 0.29) is 0 Å². The van der Waals surface area contributed by atoms with E-state index in [2.05, 4.69) is 25.3 Å². The second-order valence-corrected chi connectivity index (χ2v) is 4.29. The van der Waals surface area contributed by atoms with Gasteiger partial charge in [-0.3, -0.25) is 4.98 Å². The van der Waals surface area contributed by atoms with Crippen LogP contribution >= 0.6 is 0 Å². The molecule has 0 spiro atoms. The highest BCUT2D eigenvalue weighted by Gasteiger charge is 2.17. The second-order valence-electron chi connectivity index (χ2n) is 4.29. The Labute approximate surface area is 99.7 Å². The Morgan fingerprint density at radius 3 is 2.82 bits per heavy atom. The van der Waals surface area contributed by atoms with Gasteiger partial charge in [0.25, 0.3) is 0 Å². The quantitative estimate of drug-likeness (QED) is 0.815. The van der Waals surface area contributed by atoms with Crippen LogP contribution in [0.2, 0.25) is 0 Å². The average Bonchev–Trinajstić information content (AvgIpc) is 2.94. The maximum Gasteiger partial charge on any atom is 0.157 e. The zero-order valence-corrected chi connectivity index (χ0v) is 9.56. The molecule has 2 aromatic heterocycles. The van der Waals surface area contributed by atoms with Gasteiger partial charge < -0.3 is 10.3 Å². The molecule has 2 aromatic rings. The molecule has 1 fully saturated rings. The summed E-state index contributed by atoms with van der Waals surface area (Å²) in [5.74, 6) is 1.31. The predicted molar refractivity (Wildman–Crippen MR) is 64.5 cm³/mol. The van der Waals surface area contributed by atoms with Gasteiger partial charge in [-0.25, -0.2) is 9.97 Å². The van der Waals surface area contributed by atoms with Crippen molar-refractivity contribution in [1.82, 2.24) is 25.3 Å². The highest BCUT2D eigenvalue weighted by atomic mass is 14.9. The van der Waals surface area contributed by atoms with Crippen molar-refractivity contribution in [3.05, 3.63) is 30.5 Å². The van der Waals surface area contributed by atoms with E-state index in [4.69, 9.17) is 0 Å². The van der Waals surface area contributed by atoms with E-state index in [1.807, 2.05) is 6.20 Å². The van der Waals surface area contributed by atoms with Crippen molar-refractivity contribution in [2.75, 3.05) is 13.1 Å². The first-order chi connectivity index (χ1) is 8.43. The average molecular weight is 229 g/mol. The molecule has 3 heterocycles. The number of imidazole rings is 1. The summed E-state index contributed by atoms with van der Waals surface area (Å²) >= 11 is 0. The summed E-state index contributed by atoms with van der Waals surface area (Å²) in [7, 11) is 0. The lowest BCUT2D eigenvalue weighted by Gasteiger charge is -2.21. The van der Waals surface area contributed by atoms with Crippen LogP contribution in [0, 0.1) is 0 Å². The molecule has 0 atom stereocenters. The number of aromatic amines is 1. The molecule has 0 amide bonds. The van der Waals surface area contributed by atoms with Gasteiger partial charge in [-0.2, -0.15) is 0 Å². The summed E-state index contributed by atoms with van der Waals surface area (Å²) in [4.78, 5) is 16.2. The van der Waals surface area contributed by atoms with Crippen LogP contribution in [-0.2, 0) is 0 Å². The zero-order chi connectivity index (χ0) is 11.5. The molecule has 1 aliphatic heterocycles. The Hall–Kier alpha value is -1.75. The van der Waals surface area contributed by atoms with E-state index in [1.165, 1.54) is 0 Å². The lowest BCUT2D eigenvalue weighted by atomic mass is 9.95. The largest absolute Gasteiger partial charge is 0.343 e. The molecule has 1 saturated heterocycles. The molecule has 1 aliphatic rings. The summed E-state index contributed by atoms with van der Waals surface area (Å²) in [6, 6.07) is 0. The maximum atomic E-state index is 4.65. The third kappa shape index (κ3) is 2.19. The zero-order valence-electron chi connectivity index (χ0n) is 9.56. The molecule has 5 heteroatoms. The molecular weight excluding hydrogens is 214 g/mol. The highest BCUT2D eigenvalue weighted by Crippen LogP contribution is 2.24. The summed E-state index contributed by atoms with van der Waals surface area (Å²) < 4.78 is 0. The second kappa shape index (κ2) is 4.63. The van der Waals surface area contributed by atoms with Crippen LogP contribution in [-0.4, -0.2) is 33.0 Å². The maximum absolute atomic E-state index is 4.65. The Balaban J connectivity index is 1.88. The van der Waals surface area contributed by atoms with Gasteiger partial charge in [0.1, 0.15) is 5.69 Å². The normalized spacial score (nSPS) is 17.2. The predicted octanol–water partition coefficient (Wildman–Crippen LogP) is 1.33. The fraction of sp³-hybridized carbons (Fsp3) is 0.417. The van der Waals surface area contributed by atoms with E-state index in [0.29, 0.717) is 5.92 Å². The number of H-pyrrole nitrogens is 1. The number of nitrogens with one attached hydrogen (secondary N) is 2. The summed E-state index contributed by atoms with van der Waals surface area (Å²) in [6.07, 6.45) is 9.43. The van der Waals surface area contributed by atoms with Crippen LogP contribution in [0.25, 0.3) is 11.5 Å². The third-order valence-corrected chi connectivity index (χ3v) is 3.15. The Kier molecular flexibility index (Phi) is 2.83. The molecule has 2 N–H and O–H groups in total. The van der Waals surface area contributed by atoms with Gasteiger partial charge in [0, 0.05) is 24.5 Å². The molecule has 0 saturated carbocycles. The van der Waals surface area contributed by atoms with Crippen LogP contribution < -0.4 is 5.32 Å². The minimum absolute atomic E-state index is 0.527. The number of hydrogen-bond donors (Lipinski definition) is 2. The molecule has 0 bridgehead atoms. The van der Waals surface area contributed by atoms with E-state index < -0.39 is 0 Å². The van der Waals surface area contributed by atoms with Gasteiger partial charge in [-0.1, -0.05) is 0 Å². The highest BCUT2D eigenvalue weighted by molar-refractivity contribution is 5.47. The molecular formula is C12H15N5. The van der Waals surface area contributed by atoms with Gasteiger partial charge in [0.2, 0.25) is 0 Å². The number of nitrogens with zero attached hydrogens (tertiary/aromatic N) is 3. The SMILES string of the molecule is c1c[nH]c(-c2cncc(C3CCNCC3)n2)n1. The molecule has 0 aromatic carbocycles. The van der Waals surface area contributed by atoms with Crippen molar-refractivity contribution in [3.63, 3.8) is 0 Å². The number of aromatic nitrogens is 4. The molecule has 0 aliphatic carbocycles. The lowest BCUT2D eigenvalue weighted by molar-refractivity contribution is 0.452. The topological polar surface area (TPSA) is 66.5 Å². The molecule has 0 radical (unpaired) electrons. The summed E-state index contributed by atoms with van der Waals surface area (Å²) in [6.45, 7) is 2.13. The minimum atomic E-state index is 0.527. The number of piperidine rings is 1. The fourth-order valence-corrected chi connectivity index (χ4v) is 2.21. The molecule has 88 valence electrons.